The number of aromatic nitrogens is 1. The molecule has 0 radical (unpaired) electrons. The lowest BCUT2D eigenvalue weighted by Crippen LogP contribution is -2.43. The van der Waals surface area contributed by atoms with Crippen molar-refractivity contribution in [2.45, 2.75) is 25.3 Å². The number of nitrogens with zero attached hydrogens (tertiary/aromatic N) is 3. The number of guanidine groups is 1. The number of nitrogens with one attached hydrogen (secondary N) is 2. The first kappa shape index (κ1) is 19.6. The van der Waals surface area contributed by atoms with Crippen LogP contribution in [0.15, 0.2) is 53.7 Å². The highest BCUT2D eigenvalue weighted by Gasteiger charge is 2.23. The van der Waals surface area contributed by atoms with Gasteiger partial charge in [-0.05, 0) is 55.8 Å². The van der Waals surface area contributed by atoms with Gasteiger partial charge in [0.1, 0.15) is 0 Å². The molecule has 1 aromatic carbocycles. The van der Waals surface area contributed by atoms with Gasteiger partial charge >= 0.3 is 0 Å². The third kappa shape index (κ3) is 5.94. The maximum Gasteiger partial charge on any atom is 0.191 e. The Labute approximate surface area is 166 Å². The van der Waals surface area contributed by atoms with Crippen LogP contribution in [-0.2, 0) is 6.42 Å². The van der Waals surface area contributed by atoms with Crippen LogP contribution in [0.5, 0.6) is 0 Å². The zero-order valence-corrected chi connectivity index (χ0v) is 16.6. The summed E-state index contributed by atoms with van der Waals surface area (Å²) in [6, 6.07) is 14.5. The minimum Gasteiger partial charge on any atom is -0.356 e. The summed E-state index contributed by atoms with van der Waals surface area (Å²) in [5, 5.41) is 7.65. The van der Waals surface area contributed by atoms with Crippen LogP contribution in [0.1, 0.15) is 30.1 Å². The largest absolute Gasteiger partial charge is 0.356 e. The SMILES string of the molecule is CN=C(NCCc1ccccn1)NCC(c1cccc(Cl)c1)N1CCCC1. The van der Waals surface area contributed by atoms with Crippen molar-refractivity contribution in [2.24, 2.45) is 4.99 Å². The number of aliphatic imine (C=N–C) groups is 1. The van der Waals surface area contributed by atoms with Crippen LogP contribution >= 0.6 is 11.6 Å². The van der Waals surface area contributed by atoms with Gasteiger partial charge in [-0.1, -0.05) is 29.8 Å². The monoisotopic (exact) mass is 385 g/mol. The van der Waals surface area contributed by atoms with Crippen molar-refractivity contribution < 1.29 is 0 Å². The fraction of sp³-hybridized carbons (Fsp3) is 0.429. The van der Waals surface area contributed by atoms with E-state index in [2.05, 4.69) is 37.6 Å². The highest BCUT2D eigenvalue weighted by molar-refractivity contribution is 6.30. The summed E-state index contributed by atoms with van der Waals surface area (Å²) in [6.45, 7) is 3.85. The Bertz CT molecular complexity index is 728. The minimum absolute atomic E-state index is 0.292. The van der Waals surface area contributed by atoms with Crippen LogP contribution in [0.3, 0.4) is 0 Å². The van der Waals surface area contributed by atoms with Crippen LogP contribution in [0.4, 0.5) is 0 Å². The van der Waals surface area contributed by atoms with Crippen LogP contribution in [0.2, 0.25) is 5.02 Å². The molecule has 144 valence electrons. The Hall–Kier alpha value is -2.11. The highest BCUT2D eigenvalue weighted by atomic mass is 35.5. The number of likely N-dealkylation sites (tertiary alicyclic amines) is 1. The lowest BCUT2D eigenvalue weighted by Gasteiger charge is -2.29. The average Bonchev–Trinajstić information content (AvgIpc) is 3.22. The molecule has 5 nitrogen and oxygen atoms in total. The molecule has 0 aliphatic carbocycles. The lowest BCUT2D eigenvalue weighted by molar-refractivity contribution is 0.245. The molecule has 3 rings (SSSR count). The molecule has 6 heteroatoms. The Kier molecular flexibility index (Phi) is 7.48. The molecule has 2 heterocycles. The van der Waals surface area contributed by atoms with Gasteiger partial charge in [-0.15, -0.1) is 0 Å². The molecule has 27 heavy (non-hydrogen) atoms. The smallest absolute Gasteiger partial charge is 0.191 e. The van der Waals surface area contributed by atoms with E-state index < -0.39 is 0 Å². The first-order valence-corrected chi connectivity index (χ1v) is 9.98. The van der Waals surface area contributed by atoms with E-state index >= 15 is 0 Å². The second-order valence-corrected chi connectivity index (χ2v) is 7.20. The molecule has 0 saturated carbocycles. The Morgan fingerprint density at radius 1 is 1.19 bits per heavy atom. The van der Waals surface area contributed by atoms with Crippen molar-refractivity contribution in [1.82, 2.24) is 20.5 Å². The molecule has 0 amide bonds. The zero-order chi connectivity index (χ0) is 18.9. The van der Waals surface area contributed by atoms with Gasteiger partial charge in [0, 0.05) is 43.5 Å². The van der Waals surface area contributed by atoms with Crippen LogP contribution in [0.25, 0.3) is 0 Å². The number of hydrogen-bond donors (Lipinski definition) is 2. The molecule has 2 aromatic rings. The van der Waals surface area contributed by atoms with Crippen molar-refractivity contribution in [1.29, 1.82) is 0 Å². The zero-order valence-electron chi connectivity index (χ0n) is 15.9. The number of halogens is 1. The molecule has 1 unspecified atom stereocenters. The van der Waals surface area contributed by atoms with Gasteiger partial charge < -0.3 is 10.6 Å². The fourth-order valence-corrected chi connectivity index (χ4v) is 3.69. The molecule has 1 atom stereocenters. The topological polar surface area (TPSA) is 52.6 Å². The molecule has 1 aromatic heterocycles. The molecule has 1 aliphatic rings. The van der Waals surface area contributed by atoms with E-state index in [-0.39, 0.29) is 0 Å². The second kappa shape index (κ2) is 10.3. The van der Waals surface area contributed by atoms with Gasteiger partial charge in [0.25, 0.3) is 0 Å². The molecule has 0 bridgehead atoms. The maximum atomic E-state index is 6.23. The maximum absolute atomic E-state index is 6.23. The quantitative estimate of drug-likeness (QED) is 0.567. The van der Waals surface area contributed by atoms with Crippen molar-refractivity contribution in [2.75, 3.05) is 33.2 Å². The van der Waals surface area contributed by atoms with E-state index in [1.165, 1.54) is 18.4 Å². The average molecular weight is 386 g/mol. The van der Waals surface area contributed by atoms with Crippen molar-refractivity contribution in [3.8, 4) is 0 Å². The number of pyridine rings is 1. The predicted molar refractivity (Wildman–Crippen MR) is 112 cm³/mol. The van der Waals surface area contributed by atoms with Crippen molar-refractivity contribution in [3.63, 3.8) is 0 Å². The number of hydrogen-bond acceptors (Lipinski definition) is 3. The van der Waals surface area contributed by atoms with E-state index in [1.807, 2.05) is 36.5 Å². The summed E-state index contributed by atoms with van der Waals surface area (Å²) >= 11 is 6.23. The minimum atomic E-state index is 0.292. The third-order valence-electron chi connectivity index (χ3n) is 4.90. The number of benzene rings is 1. The summed E-state index contributed by atoms with van der Waals surface area (Å²) in [5.74, 6) is 0.817. The van der Waals surface area contributed by atoms with E-state index in [9.17, 15) is 0 Å². The van der Waals surface area contributed by atoms with Gasteiger partial charge in [0.15, 0.2) is 5.96 Å². The van der Waals surface area contributed by atoms with E-state index in [4.69, 9.17) is 11.6 Å². The molecular weight excluding hydrogens is 358 g/mol. The van der Waals surface area contributed by atoms with Gasteiger partial charge in [-0.25, -0.2) is 0 Å². The molecule has 0 spiro atoms. The normalized spacial score (nSPS) is 16.3. The second-order valence-electron chi connectivity index (χ2n) is 6.76. The van der Waals surface area contributed by atoms with Gasteiger partial charge in [0.2, 0.25) is 0 Å². The van der Waals surface area contributed by atoms with Gasteiger partial charge in [-0.3, -0.25) is 14.9 Å². The Balaban J connectivity index is 1.56. The highest BCUT2D eigenvalue weighted by Crippen LogP contribution is 2.26. The van der Waals surface area contributed by atoms with E-state index in [0.717, 1.165) is 49.3 Å². The van der Waals surface area contributed by atoms with Crippen molar-refractivity contribution in [3.05, 3.63) is 64.9 Å². The van der Waals surface area contributed by atoms with Crippen LogP contribution in [0, 0.1) is 0 Å². The summed E-state index contributed by atoms with van der Waals surface area (Å²) in [7, 11) is 1.81. The van der Waals surface area contributed by atoms with Crippen LogP contribution in [-0.4, -0.2) is 49.1 Å². The summed E-state index contributed by atoms with van der Waals surface area (Å²) in [6.07, 6.45) is 5.21. The molecule has 2 N–H and O–H groups in total. The number of rotatable bonds is 7. The van der Waals surface area contributed by atoms with Gasteiger partial charge in [0.05, 0.1) is 6.04 Å². The Morgan fingerprint density at radius 2 is 2.04 bits per heavy atom. The van der Waals surface area contributed by atoms with Crippen molar-refractivity contribution >= 4 is 17.6 Å². The summed E-state index contributed by atoms with van der Waals surface area (Å²) < 4.78 is 0. The first-order valence-electron chi connectivity index (χ1n) is 9.60. The van der Waals surface area contributed by atoms with E-state index in [1.54, 1.807) is 7.05 Å². The first-order chi connectivity index (χ1) is 13.3. The summed E-state index contributed by atoms with van der Waals surface area (Å²) in [4.78, 5) is 11.2. The fourth-order valence-electron chi connectivity index (χ4n) is 3.49. The van der Waals surface area contributed by atoms with E-state index in [0.29, 0.717) is 6.04 Å². The standard InChI is InChI=1S/C21H28ClN5/c1-23-21(25-12-10-19-9-2-3-11-24-19)26-16-20(27-13-4-5-14-27)17-7-6-8-18(22)15-17/h2-3,6-9,11,15,20H,4-5,10,12-14,16H2,1H3,(H2,23,25,26). The lowest BCUT2D eigenvalue weighted by atomic mass is 10.1. The molecule has 1 fully saturated rings. The molecule has 1 saturated heterocycles. The van der Waals surface area contributed by atoms with Gasteiger partial charge in [-0.2, -0.15) is 0 Å². The molecular formula is C21H28ClN5. The van der Waals surface area contributed by atoms with Crippen LogP contribution < -0.4 is 10.6 Å². The predicted octanol–water partition coefficient (Wildman–Crippen LogP) is 3.28. The Morgan fingerprint density at radius 3 is 2.74 bits per heavy atom. The summed E-state index contributed by atoms with van der Waals surface area (Å²) in [5.41, 5.74) is 2.33. The molecule has 1 aliphatic heterocycles. The third-order valence-corrected chi connectivity index (χ3v) is 5.14.